The lowest BCUT2D eigenvalue weighted by Gasteiger charge is -2.62. The van der Waals surface area contributed by atoms with E-state index in [0.717, 1.165) is 57.8 Å². The van der Waals surface area contributed by atoms with Gasteiger partial charge in [-0.15, -0.1) is 0 Å². The maximum Gasteiger partial charge on any atom is 0.335 e. The Morgan fingerprint density at radius 2 is 1.71 bits per heavy atom. The molecule has 0 aromatic heterocycles. The minimum atomic E-state index is -3.95. The van der Waals surface area contributed by atoms with Crippen molar-refractivity contribution in [2.75, 3.05) is 18.8 Å². The molecule has 0 aromatic rings. The van der Waals surface area contributed by atoms with E-state index in [1.807, 2.05) is 0 Å². The van der Waals surface area contributed by atoms with Gasteiger partial charge in [0.2, 0.25) is 0 Å². The fourth-order valence-corrected chi connectivity index (χ4v) is 11.1. The van der Waals surface area contributed by atoms with Crippen molar-refractivity contribution >= 4 is 16.1 Å². The molecule has 0 aromatic carbocycles. The first-order chi connectivity index (χ1) is 21.1. The summed E-state index contributed by atoms with van der Waals surface area (Å²) in [5.74, 6) is 0.920. The topological polar surface area (TPSA) is 203 Å². The Labute approximate surface area is 267 Å². The van der Waals surface area contributed by atoms with E-state index in [4.69, 9.17) is 14.0 Å². The van der Waals surface area contributed by atoms with Crippen LogP contribution < -0.4 is 5.32 Å². The van der Waals surface area contributed by atoms with E-state index in [-0.39, 0.29) is 35.3 Å². The number of carboxylic acids is 1. The third-order valence-electron chi connectivity index (χ3n) is 13.2. The van der Waals surface area contributed by atoms with E-state index >= 15 is 0 Å². The summed E-state index contributed by atoms with van der Waals surface area (Å²) < 4.78 is 42.3. The van der Waals surface area contributed by atoms with Crippen molar-refractivity contribution in [2.45, 2.75) is 128 Å². The summed E-state index contributed by atoms with van der Waals surface area (Å²) in [5, 5.41) is 55.1. The minimum absolute atomic E-state index is 0.0356. The summed E-state index contributed by atoms with van der Waals surface area (Å²) in [7, 11) is -3.95. The summed E-state index contributed by atoms with van der Waals surface area (Å²) in [4.78, 5) is 11.5. The SMILES string of the molecule is C[C@H](CCCNCCS(=O)(=O)O)[C@H]1CC[C@H]2[C@@H]3CC[C@@H]4C[C@H](O[C@@H]5O[C@H](C(=O)O)[C@@H](O)[C@H](O)[C@H]5O)CC[C@]4(C)[C@H]3C[C@H](O)[C@]12C. The normalized spacial score (nSPS) is 47.4. The lowest BCUT2D eigenvalue weighted by atomic mass is 9.43. The van der Waals surface area contributed by atoms with E-state index in [1.54, 1.807) is 0 Å². The zero-order chi connectivity index (χ0) is 32.9. The first-order valence-electron chi connectivity index (χ1n) is 17.0. The Kier molecular flexibility index (Phi) is 10.7. The van der Waals surface area contributed by atoms with Crippen LogP contribution in [0.2, 0.25) is 0 Å². The number of aliphatic hydroxyl groups excluding tert-OH is 4. The quantitative estimate of drug-likeness (QED) is 0.0963. The van der Waals surface area contributed by atoms with Crippen LogP contribution in [0.1, 0.15) is 85.0 Å². The second kappa shape index (κ2) is 13.5. The van der Waals surface area contributed by atoms with Crippen LogP contribution in [0.4, 0.5) is 0 Å². The Morgan fingerprint density at radius 1 is 0.978 bits per heavy atom. The fourth-order valence-electron chi connectivity index (χ4n) is 10.7. The number of fused-ring (bicyclic) bond motifs is 5. The first kappa shape index (κ1) is 35.4. The van der Waals surface area contributed by atoms with Gasteiger partial charge < -0.3 is 40.3 Å². The molecule has 45 heavy (non-hydrogen) atoms. The molecule has 260 valence electrons. The van der Waals surface area contributed by atoms with Crippen LogP contribution in [-0.2, 0) is 24.4 Å². The van der Waals surface area contributed by atoms with Gasteiger partial charge in [0, 0.05) is 6.54 Å². The van der Waals surface area contributed by atoms with Crippen molar-refractivity contribution in [2.24, 2.45) is 46.3 Å². The van der Waals surface area contributed by atoms with E-state index in [1.165, 1.54) is 0 Å². The predicted molar refractivity (Wildman–Crippen MR) is 163 cm³/mol. The number of aliphatic carboxylic acids is 1. The van der Waals surface area contributed by atoms with Crippen molar-refractivity contribution in [1.29, 1.82) is 0 Å². The second-order valence-electron chi connectivity index (χ2n) is 15.4. The van der Waals surface area contributed by atoms with Crippen LogP contribution >= 0.6 is 0 Å². The van der Waals surface area contributed by atoms with E-state index in [9.17, 15) is 38.7 Å². The molecule has 4 aliphatic carbocycles. The minimum Gasteiger partial charge on any atom is -0.479 e. The van der Waals surface area contributed by atoms with Gasteiger partial charge in [0.05, 0.1) is 18.0 Å². The molecule has 0 spiro atoms. The lowest BCUT2D eigenvalue weighted by molar-refractivity contribution is -0.310. The molecule has 0 unspecified atom stereocenters. The molecule has 12 nitrogen and oxygen atoms in total. The molecule has 4 saturated carbocycles. The van der Waals surface area contributed by atoms with E-state index < -0.39 is 46.8 Å². The molecule has 7 N–H and O–H groups in total. The van der Waals surface area contributed by atoms with Crippen LogP contribution in [0, 0.1) is 46.3 Å². The van der Waals surface area contributed by atoms with Crippen molar-refractivity contribution < 1.29 is 52.8 Å². The maximum atomic E-state index is 11.9. The highest BCUT2D eigenvalue weighted by Crippen LogP contribution is 2.68. The summed E-state index contributed by atoms with van der Waals surface area (Å²) in [5.41, 5.74) is -0.100. The largest absolute Gasteiger partial charge is 0.479 e. The van der Waals surface area contributed by atoms with E-state index in [2.05, 4.69) is 26.1 Å². The molecule has 1 saturated heterocycles. The van der Waals surface area contributed by atoms with Crippen LogP contribution in [0.15, 0.2) is 0 Å². The van der Waals surface area contributed by atoms with Crippen LogP contribution in [0.3, 0.4) is 0 Å². The fraction of sp³-hybridized carbons (Fsp3) is 0.969. The van der Waals surface area contributed by atoms with Gasteiger partial charge in [0.25, 0.3) is 10.1 Å². The highest BCUT2D eigenvalue weighted by atomic mass is 32.2. The van der Waals surface area contributed by atoms with Gasteiger partial charge in [-0.2, -0.15) is 8.42 Å². The molecule has 0 amide bonds. The Bertz CT molecular complexity index is 1160. The average Bonchev–Trinajstić information content (AvgIpc) is 3.33. The Morgan fingerprint density at radius 3 is 2.40 bits per heavy atom. The van der Waals surface area contributed by atoms with Crippen molar-refractivity contribution in [1.82, 2.24) is 5.32 Å². The van der Waals surface area contributed by atoms with Crippen molar-refractivity contribution in [3.8, 4) is 0 Å². The van der Waals surface area contributed by atoms with Crippen LogP contribution in [0.5, 0.6) is 0 Å². The summed E-state index contributed by atoms with van der Waals surface area (Å²) in [6, 6.07) is 0. The van der Waals surface area contributed by atoms with Gasteiger partial charge in [0.15, 0.2) is 12.4 Å². The van der Waals surface area contributed by atoms with Crippen molar-refractivity contribution in [3.05, 3.63) is 0 Å². The number of nitrogens with one attached hydrogen (secondary N) is 1. The zero-order valence-electron chi connectivity index (χ0n) is 26.8. The Balaban J connectivity index is 1.18. The number of carboxylic acid groups (broad SMARTS) is 1. The molecule has 15 atom stereocenters. The molecule has 1 heterocycles. The molecule has 5 fully saturated rings. The Hall–Kier alpha value is -0.900. The molecule has 0 radical (unpaired) electrons. The number of hydrogen-bond donors (Lipinski definition) is 7. The third kappa shape index (κ3) is 6.85. The lowest BCUT2D eigenvalue weighted by Crippen LogP contribution is -2.61. The first-order valence-corrected chi connectivity index (χ1v) is 18.6. The maximum absolute atomic E-state index is 11.9. The third-order valence-corrected chi connectivity index (χ3v) is 13.9. The summed E-state index contributed by atoms with van der Waals surface area (Å²) in [6.45, 7) is 7.91. The highest BCUT2D eigenvalue weighted by Gasteiger charge is 2.64. The number of rotatable bonds is 11. The standard InChI is InChI=1S/C32H55NO11S/c1-17(5-4-12-33-13-14-45(40,41)42)21-8-9-22-20-7-6-18-15-19(10-11-31(18,2)23(20)16-24(34)32(21,22)3)43-30-27(37)25(35)26(36)28(44-30)29(38)39/h17-28,30,33-37H,4-16H2,1-3H3,(H,38,39)(H,40,41,42)/t17-,18-,19-,20+,21-,22+,23+,24+,25+,26+,27-,28+,30-,31+,32-/m1/s1. The monoisotopic (exact) mass is 661 g/mol. The highest BCUT2D eigenvalue weighted by molar-refractivity contribution is 7.85. The summed E-state index contributed by atoms with van der Waals surface area (Å²) in [6.07, 6.45) is 0.745. The van der Waals surface area contributed by atoms with Gasteiger partial charge in [0.1, 0.15) is 18.3 Å². The van der Waals surface area contributed by atoms with Crippen LogP contribution in [0.25, 0.3) is 0 Å². The van der Waals surface area contributed by atoms with Gasteiger partial charge in [-0.05, 0) is 117 Å². The molecule has 1 aliphatic heterocycles. The van der Waals surface area contributed by atoms with Crippen LogP contribution in [-0.4, -0.2) is 106 Å². The molecule has 13 heteroatoms. The average molecular weight is 662 g/mol. The molecular weight excluding hydrogens is 606 g/mol. The predicted octanol–water partition coefficient (Wildman–Crippen LogP) is 1.79. The van der Waals surface area contributed by atoms with Gasteiger partial charge in [-0.3, -0.25) is 4.55 Å². The molecule has 5 aliphatic rings. The molecule has 0 bridgehead atoms. The van der Waals surface area contributed by atoms with Gasteiger partial charge >= 0.3 is 5.97 Å². The number of aliphatic hydroxyl groups is 4. The zero-order valence-corrected chi connectivity index (χ0v) is 27.6. The van der Waals surface area contributed by atoms with E-state index in [0.29, 0.717) is 48.5 Å². The second-order valence-corrected chi connectivity index (χ2v) is 17.0. The number of ether oxygens (including phenoxy) is 2. The number of hydrogen-bond acceptors (Lipinski definition) is 10. The smallest absolute Gasteiger partial charge is 0.335 e. The number of carbonyl (C=O) groups is 1. The van der Waals surface area contributed by atoms with Gasteiger partial charge in [-0.25, -0.2) is 4.79 Å². The summed E-state index contributed by atoms with van der Waals surface area (Å²) >= 11 is 0. The molecular formula is C32H55NO11S. The molecule has 5 rings (SSSR count). The van der Waals surface area contributed by atoms with Crippen molar-refractivity contribution in [3.63, 3.8) is 0 Å². The van der Waals surface area contributed by atoms with Gasteiger partial charge in [-0.1, -0.05) is 20.8 Å².